The standard InChI is InChI=1S/C23H22Cl2N4O2/c1-2-9-31-17-11-21(29(14-17)13-15-7-8-16(24)10-18(15)25)23(30)26-12-22-27-19-5-3-4-6-20(19)28-22/h1,3-8,10,17,21H,9,11-14H2,(H,26,30)(H,27,28). The molecule has 4 rings (SSSR count). The number of hydrogen-bond donors (Lipinski definition) is 2. The van der Waals surface area contributed by atoms with Crippen LogP contribution >= 0.6 is 23.2 Å². The van der Waals surface area contributed by atoms with E-state index < -0.39 is 0 Å². The summed E-state index contributed by atoms with van der Waals surface area (Å²) in [6, 6.07) is 12.8. The van der Waals surface area contributed by atoms with Gasteiger partial charge in [-0.15, -0.1) is 6.42 Å². The van der Waals surface area contributed by atoms with Gasteiger partial charge in [0.05, 0.1) is 29.7 Å². The van der Waals surface area contributed by atoms with Crippen LogP contribution in [0.2, 0.25) is 10.0 Å². The minimum atomic E-state index is -0.362. The van der Waals surface area contributed by atoms with Gasteiger partial charge in [-0.3, -0.25) is 9.69 Å². The van der Waals surface area contributed by atoms with Crippen LogP contribution in [0.15, 0.2) is 42.5 Å². The highest BCUT2D eigenvalue weighted by Crippen LogP contribution is 2.27. The molecule has 0 radical (unpaired) electrons. The monoisotopic (exact) mass is 456 g/mol. The summed E-state index contributed by atoms with van der Waals surface area (Å²) in [6.45, 7) is 1.63. The van der Waals surface area contributed by atoms with Gasteiger partial charge in [0.1, 0.15) is 12.4 Å². The van der Waals surface area contributed by atoms with Crippen molar-refractivity contribution in [3.05, 3.63) is 63.9 Å². The first kappa shape index (κ1) is 21.7. The van der Waals surface area contributed by atoms with E-state index in [2.05, 4.69) is 26.1 Å². The SMILES string of the molecule is C#CCOC1CC(C(=O)NCc2nc3ccccc3[nH]2)N(Cc2ccc(Cl)cc2Cl)C1. The predicted octanol–water partition coefficient (Wildman–Crippen LogP) is 3.78. The number of fused-ring (bicyclic) bond motifs is 1. The maximum atomic E-state index is 13.0. The first-order chi connectivity index (χ1) is 15.0. The molecule has 0 spiro atoms. The van der Waals surface area contributed by atoms with Crippen molar-refractivity contribution < 1.29 is 9.53 Å². The van der Waals surface area contributed by atoms with E-state index >= 15 is 0 Å². The molecule has 2 atom stereocenters. The number of aromatic nitrogens is 2. The third-order valence-corrected chi connectivity index (χ3v) is 5.91. The maximum Gasteiger partial charge on any atom is 0.237 e. The molecular formula is C23H22Cl2N4O2. The zero-order valence-electron chi connectivity index (χ0n) is 16.8. The number of ether oxygens (including phenoxy) is 1. The summed E-state index contributed by atoms with van der Waals surface area (Å²) in [6.07, 6.45) is 5.76. The van der Waals surface area contributed by atoms with E-state index in [1.54, 1.807) is 12.1 Å². The Labute approximate surface area is 190 Å². The van der Waals surface area contributed by atoms with Crippen LogP contribution in [-0.4, -0.2) is 46.1 Å². The summed E-state index contributed by atoms with van der Waals surface area (Å²) < 4.78 is 5.72. The lowest BCUT2D eigenvalue weighted by molar-refractivity contribution is -0.125. The molecule has 2 heterocycles. The molecule has 0 aliphatic carbocycles. The fraction of sp³-hybridized carbons (Fsp3) is 0.304. The molecule has 1 aromatic heterocycles. The number of nitrogens with one attached hydrogen (secondary N) is 2. The van der Waals surface area contributed by atoms with E-state index in [4.69, 9.17) is 34.4 Å². The number of imidazole rings is 1. The van der Waals surface area contributed by atoms with E-state index in [1.165, 1.54) is 0 Å². The van der Waals surface area contributed by atoms with Crippen LogP contribution < -0.4 is 5.32 Å². The fourth-order valence-electron chi connectivity index (χ4n) is 3.84. The molecule has 1 fully saturated rings. The van der Waals surface area contributed by atoms with E-state index in [9.17, 15) is 4.79 Å². The Bertz CT molecular complexity index is 1090. The van der Waals surface area contributed by atoms with Crippen LogP contribution in [0.1, 0.15) is 17.8 Å². The van der Waals surface area contributed by atoms with Crippen LogP contribution in [0.4, 0.5) is 0 Å². The molecule has 1 saturated heterocycles. The molecule has 1 amide bonds. The molecular weight excluding hydrogens is 435 g/mol. The van der Waals surface area contributed by atoms with Crippen LogP contribution in [0.25, 0.3) is 11.0 Å². The average Bonchev–Trinajstić information content (AvgIpc) is 3.36. The third kappa shape index (κ3) is 5.20. The molecule has 1 aliphatic heterocycles. The second kappa shape index (κ2) is 9.71. The van der Waals surface area contributed by atoms with E-state index in [1.807, 2.05) is 30.3 Å². The smallest absolute Gasteiger partial charge is 0.237 e. The van der Waals surface area contributed by atoms with Gasteiger partial charge in [0.25, 0.3) is 0 Å². The van der Waals surface area contributed by atoms with Crippen LogP contribution in [0.5, 0.6) is 0 Å². The van der Waals surface area contributed by atoms with Crippen molar-refractivity contribution in [1.82, 2.24) is 20.2 Å². The number of likely N-dealkylation sites (tertiary alicyclic amines) is 1. The van der Waals surface area contributed by atoms with Gasteiger partial charge in [-0.2, -0.15) is 0 Å². The minimum Gasteiger partial charge on any atom is -0.364 e. The Hall–Kier alpha value is -2.56. The number of halogens is 2. The second-order valence-corrected chi connectivity index (χ2v) is 8.32. The zero-order chi connectivity index (χ0) is 21.8. The van der Waals surface area contributed by atoms with E-state index in [-0.39, 0.29) is 24.7 Å². The quantitative estimate of drug-likeness (QED) is 0.530. The van der Waals surface area contributed by atoms with Gasteiger partial charge < -0.3 is 15.0 Å². The van der Waals surface area contributed by atoms with Crippen molar-refractivity contribution in [2.75, 3.05) is 13.2 Å². The molecule has 0 bridgehead atoms. The molecule has 2 N–H and O–H groups in total. The molecule has 3 aromatic rings. The molecule has 31 heavy (non-hydrogen) atoms. The number of carbonyl (C=O) groups is 1. The van der Waals surface area contributed by atoms with Crippen molar-refractivity contribution in [1.29, 1.82) is 0 Å². The third-order valence-electron chi connectivity index (χ3n) is 5.33. The van der Waals surface area contributed by atoms with Crippen molar-refractivity contribution >= 4 is 40.1 Å². The Morgan fingerprint density at radius 3 is 2.94 bits per heavy atom. The topological polar surface area (TPSA) is 70.2 Å². The highest BCUT2D eigenvalue weighted by molar-refractivity contribution is 6.35. The predicted molar refractivity (Wildman–Crippen MR) is 122 cm³/mol. The van der Waals surface area contributed by atoms with Crippen LogP contribution in [0, 0.1) is 12.3 Å². The van der Waals surface area contributed by atoms with Crippen molar-refractivity contribution in [3.63, 3.8) is 0 Å². The number of H-pyrrole nitrogens is 1. The first-order valence-corrected chi connectivity index (χ1v) is 10.7. The van der Waals surface area contributed by atoms with Gasteiger partial charge in [0, 0.05) is 23.1 Å². The lowest BCUT2D eigenvalue weighted by Crippen LogP contribution is -2.42. The number of benzene rings is 2. The lowest BCUT2D eigenvalue weighted by Gasteiger charge is -2.23. The second-order valence-electron chi connectivity index (χ2n) is 7.47. The highest BCUT2D eigenvalue weighted by Gasteiger charge is 2.37. The van der Waals surface area contributed by atoms with Crippen LogP contribution in [0.3, 0.4) is 0 Å². The molecule has 160 valence electrons. The summed E-state index contributed by atoms with van der Waals surface area (Å²) >= 11 is 12.4. The summed E-state index contributed by atoms with van der Waals surface area (Å²) in [5.41, 5.74) is 2.71. The Morgan fingerprint density at radius 1 is 1.32 bits per heavy atom. The molecule has 8 heteroatoms. The summed E-state index contributed by atoms with van der Waals surface area (Å²) in [4.78, 5) is 22.8. The summed E-state index contributed by atoms with van der Waals surface area (Å²) in [7, 11) is 0. The molecule has 1 aliphatic rings. The number of para-hydroxylation sites is 2. The number of nitrogens with zero attached hydrogens (tertiary/aromatic N) is 2. The number of aromatic amines is 1. The number of amides is 1. The molecule has 2 aromatic carbocycles. The number of terminal acetylenes is 1. The van der Waals surface area contributed by atoms with Gasteiger partial charge >= 0.3 is 0 Å². The Kier molecular flexibility index (Phi) is 6.79. The summed E-state index contributed by atoms with van der Waals surface area (Å²) in [5, 5.41) is 4.14. The maximum absolute atomic E-state index is 13.0. The van der Waals surface area contributed by atoms with E-state index in [0.717, 1.165) is 16.6 Å². The van der Waals surface area contributed by atoms with Crippen molar-refractivity contribution in [3.8, 4) is 12.3 Å². The fourth-order valence-corrected chi connectivity index (χ4v) is 4.31. The minimum absolute atomic E-state index is 0.0858. The number of hydrogen-bond acceptors (Lipinski definition) is 4. The number of rotatable bonds is 7. The zero-order valence-corrected chi connectivity index (χ0v) is 18.3. The van der Waals surface area contributed by atoms with Crippen LogP contribution in [-0.2, 0) is 22.6 Å². The van der Waals surface area contributed by atoms with Gasteiger partial charge in [0.2, 0.25) is 5.91 Å². The normalized spacial score (nSPS) is 18.9. The van der Waals surface area contributed by atoms with Gasteiger partial charge in [0.15, 0.2) is 0 Å². The Morgan fingerprint density at radius 2 is 2.16 bits per heavy atom. The van der Waals surface area contributed by atoms with Gasteiger partial charge in [-0.25, -0.2) is 4.98 Å². The summed E-state index contributed by atoms with van der Waals surface area (Å²) in [5.74, 6) is 3.11. The average molecular weight is 457 g/mol. The molecule has 2 unspecified atom stereocenters. The number of carbonyl (C=O) groups excluding carboxylic acids is 1. The lowest BCUT2D eigenvalue weighted by atomic mass is 10.1. The van der Waals surface area contributed by atoms with Crippen molar-refractivity contribution in [2.45, 2.75) is 31.7 Å². The van der Waals surface area contributed by atoms with Gasteiger partial charge in [-0.1, -0.05) is 47.3 Å². The first-order valence-electron chi connectivity index (χ1n) is 9.98. The van der Waals surface area contributed by atoms with Crippen molar-refractivity contribution in [2.24, 2.45) is 0 Å². The molecule has 0 saturated carbocycles. The van der Waals surface area contributed by atoms with Gasteiger partial charge in [-0.05, 0) is 36.2 Å². The largest absolute Gasteiger partial charge is 0.364 e. The Balaban J connectivity index is 1.45. The highest BCUT2D eigenvalue weighted by atomic mass is 35.5. The molecule has 6 nitrogen and oxygen atoms in total. The van der Waals surface area contributed by atoms with E-state index in [0.29, 0.717) is 41.9 Å².